The minimum absolute atomic E-state index is 0.147. The average Bonchev–Trinajstić information content (AvgIpc) is 2.31. The molecular weight excluding hydrogens is 230 g/mol. The Labute approximate surface area is 106 Å². The summed E-state index contributed by atoms with van der Waals surface area (Å²) >= 11 is 0. The van der Waals surface area contributed by atoms with Crippen molar-refractivity contribution in [2.75, 3.05) is 11.1 Å². The molecule has 2 rings (SSSR count). The van der Waals surface area contributed by atoms with E-state index in [2.05, 4.69) is 17.2 Å². The predicted molar refractivity (Wildman–Crippen MR) is 70.7 cm³/mol. The number of nitrogens with zero attached hydrogens (tertiary/aromatic N) is 1. The molecule has 5 nitrogen and oxygen atoms in total. The van der Waals surface area contributed by atoms with E-state index >= 15 is 0 Å². The first-order valence-electron chi connectivity index (χ1n) is 6.31. The van der Waals surface area contributed by atoms with Crippen LogP contribution in [0.2, 0.25) is 0 Å². The third-order valence-electron chi connectivity index (χ3n) is 3.42. The van der Waals surface area contributed by atoms with Crippen molar-refractivity contribution in [2.24, 2.45) is 5.92 Å². The van der Waals surface area contributed by atoms with Crippen LogP contribution in [0.4, 0.5) is 11.5 Å². The van der Waals surface area contributed by atoms with Crippen LogP contribution in [0.15, 0.2) is 12.3 Å². The molecule has 0 bridgehead atoms. The zero-order valence-corrected chi connectivity index (χ0v) is 10.5. The molecule has 18 heavy (non-hydrogen) atoms. The lowest BCUT2D eigenvalue weighted by Gasteiger charge is -2.28. The van der Waals surface area contributed by atoms with E-state index in [-0.39, 0.29) is 5.56 Å². The Kier molecular flexibility index (Phi) is 3.69. The second-order valence-electron chi connectivity index (χ2n) is 5.08. The second kappa shape index (κ2) is 5.25. The van der Waals surface area contributed by atoms with Gasteiger partial charge in [-0.3, -0.25) is 0 Å². The van der Waals surface area contributed by atoms with Gasteiger partial charge in [0.05, 0.1) is 11.9 Å². The molecule has 0 spiro atoms. The number of pyridine rings is 1. The highest BCUT2D eigenvalue weighted by molar-refractivity contribution is 5.94. The predicted octanol–water partition coefficient (Wildman–Crippen LogP) is 2.35. The SMILES string of the molecule is CC1CCCC(Nc2ncc(N)cc2C(=O)O)C1. The molecule has 2 unspecified atom stereocenters. The van der Waals surface area contributed by atoms with Gasteiger partial charge in [-0.25, -0.2) is 9.78 Å². The standard InChI is InChI=1S/C13H19N3O2/c1-8-3-2-4-10(5-8)16-12-11(13(17)18)6-9(14)7-15-12/h6-8,10H,2-5,14H2,1H3,(H,15,16)(H,17,18). The molecule has 1 aromatic heterocycles. The zero-order valence-electron chi connectivity index (χ0n) is 10.5. The van der Waals surface area contributed by atoms with Crippen LogP contribution in [-0.2, 0) is 0 Å². The van der Waals surface area contributed by atoms with E-state index < -0.39 is 5.97 Å². The zero-order chi connectivity index (χ0) is 13.1. The third-order valence-corrected chi connectivity index (χ3v) is 3.42. The molecular formula is C13H19N3O2. The summed E-state index contributed by atoms with van der Waals surface area (Å²) in [6, 6.07) is 1.76. The monoisotopic (exact) mass is 249 g/mol. The van der Waals surface area contributed by atoms with E-state index in [4.69, 9.17) is 10.8 Å². The van der Waals surface area contributed by atoms with E-state index in [1.807, 2.05) is 0 Å². The van der Waals surface area contributed by atoms with Crippen LogP contribution in [-0.4, -0.2) is 22.1 Å². The van der Waals surface area contributed by atoms with Gasteiger partial charge in [0.15, 0.2) is 0 Å². The highest BCUT2D eigenvalue weighted by atomic mass is 16.4. The number of nitrogens with two attached hydrogens (primary N) is 1. The molecule has 0 aromatic carbocycles. The van der Waals surface area contributed by atoms with Crippen molar-refractivity contribution in [1.29, 1.82) is 0 Å². The maximum atomic E-state index is 11.1. The summed E-state index contributed by atoms with van der Waals surface area (Å²) in [7, 11) is 0. The minimum Gasteiger partial charge on any atom is -0.478 e. The smallest absolute Gasteiger partial charge is 0.339 e. The van der Waals surface area contributed by atoms with Crippen LogP contribution in [0.3, 0.4) is 0 Å². The first kappa shape index (κ1) is 12.7. The van der Waals surface area contributed by atoms with E-state index in [0.29, 0.717) is 23.5 Å². The first-order chi connectivity index (χ1) is 8.56. The Hall–Kier alpha value is -1.78. The van der Waals surface area contributed by atoms with Gasteiger partial charge in [0.25, 0.3) is 0 Å². The second-order valence-corrected chi connectivity index (χ2v) is 5.08. The summed E-state index contributed by atoms with van der Waals surface area (Å²) in [6.07, 6.45) is 6.04. The van der Waals surface area contributed by atoms with Gasteiger partial charge in [-0.05, 0) is 24.8 Å². The van der Waals surface area contributed by atoms with Crippen molar-refractivity contribution in [3.05, 3.63) is 17.8 Å². The number of nitrogen functional groups attached to an aromatic ring is 1. The van der Waals surface area contributed by atoms with Gasteiger partial charge in [0, 0.05) is 6.04 Å². The number of aromatic nitrogens is 1. The van der Waals surface area contributed by atoms with Gasteiger partial charge >= 0.3 is 5.97 Å². The number of nitrogens with one attached hydrogen (secondary N) is 1. The molecule has 5 heteroatoms. The lowest BCUT2D eigenvalue weighted by atomic mass is 9.87. The molecule has 1 aliphatic carbocycles. The number of carboxylic acid groups (broad SMARTS) is 1. The Morgan fingerprint density at radius 3 is 3.00 bits per heavy atom. The van der Waals surface area contributed by atoms with E-state index in [9.17, 15) is 4.79 Å². The van der Waals surface area contributed by atoms with Crippen molar-refractivity contribution in [1.82, 2.24) is 4.98 Å². The Bertz CT molecular complexity index is 448. The minimum atomic E-state index is -0.999. The van der Waals surface area contributed by atoms with Gasteiger partial charge in [0.2, 0.25) is 0 Å². The average molecular weight is 249 g/mol. The van der Waals surface area contributed by atoms with E-state index in [1.165, 1.54) is 25.1 Å². The summed E-state index contributed by atoms with van der Waals surface area (Å²) in [5.41, 5.74) is 6.08. The molecule has 1 heterocycles. The van der Waals surface area contributed by atoms with Crippen molar-refractivity contribution < 1.29 is 9.90 Å². The van der Waals surface area contributed by atoms with E-state index in [1.54, 1.807) is 0 Å². The van der Waals surface area contributed by atoms with Gasteiger partial charge in [-0.15, -0.1) is 0 Å². The van der Waals surface area contributed by atoms with Crippen LogP contribution in [0.1, 0.15) is 43.0 Å². The van der Waals surface area contributed by atoms with Crippen LogP contribution >= 0.6 is 0 Å². The Morgan fingerprint density at radius 2 is 2.33 bits per heavy atom. The number of anilines is 2. The molecule has 98 valence electrons. The first-order valence-corrected chi connectivity index (χ1v) is 6.31. The van der Waals surface area contributed by atoms with Crippen molar-refractivity contribution in [2.45, 2.75) is 38.6 Å². The van der Waals surface area contributed by atoms with Crippen LogP contribution in [0.25, 0.3) is 0 Å². The lowest BCUT2D eigenvalue weighted by Crippen LogP contribution is -2.27. The summed E-state index contributed by atoms with van der Waals surface area (Å²) in [5.74, 6) is 0.107. The molecule has 0 saturated heterocycles. The highest BCUT2D eigenvalue weighted by Gasteiger charge is 2.21. The Morgan fingerprint density at radius 1 is 1.56 bits per heavy atom. The van der Waals surface area contributed by atoms with Crippen molar-refractivity contribution in [3.63, 3.8) is 0 Å². The van der Waals surface area contributed by atoms with Crippen LogP contribution in [0.5, 0.6) is 0 Å². The summed E-state index contributed by atoms with van der Waals surface area (Å²) in [6.45, 7) is 2.22. The lowest BCUT2D eigenvalue weighted by molar-refractivity contribution is 0.0697. The topological polar surface area (TPSA) is 88.2 Å². The fourth-order valence-corrected chi connectivity index (χ4v) is 2.52. The third kappa shape index (κ3) is 2.91. The maximum absolute atomic E-state index is 11.1. The molecule has 1 aliphatic rings. The van der Waals surface area contributed by atoms with Crippen molar-refractivity contribution >= 4 is 17.5 Å². The van der Waals surface area contributed by atoms with Crippen LogP contribution in [0, 0.1) is 5.92 Å². The normalized spacial score (nSPS) is 23.6. The quantitative estimate of drug-likeness (QED) is 0.765. The van der Waals surface area contributed by atoms with Crippen LogP contribution < -0.4 is 11.1 Å². The van der Waals surface area contributed by atoms with Gasteiger partial charge in [-0.2, -0.15) is 0 Å². The van der Waals surface area contributed by atoms with Gasteiger partial charge < -0.3 is 16.2 Å². The summed E-state index contributed by atoms with van der Waals surface area (Å²) < 4.78 is 0. The number of aromatic carboxylic acids is 1. The number of carboxylic acids is 1. The Balaban J connectivity index is 2.15. The van der Waals surface area contributed by atoms with Gasteiger partial charge in [0.1, 0.15) is 11.4 Å². The summed E-state index contributed by atoms with van der Waals surface area (Å²) in [4.78, 5) is 15.2. The molecule has 4 N–H and O–H groups in total. The number of hydrogen-bond acceptors (Lipinski definition) is 4. The van der Waals surface area contributed by atoms with Crippen molar-refractivity contribution in [3.8, 4) is 0 Å². The largest absolute Gasteiger partial charge is 0.478 e. The molecule has 0 radical (unpaired) electrons. The molecule has 1 fully saturated rings. The highest BCUT2D eigenvalue weighted by Crippen LogP contribution is 2.27. The molecule has 0 aliphatic heterocycles. The fourth-order valence-electron chi connectivity index (χ4n) is 2.52. The maximum Gasteiger partial charge on any atom is 0.339 e. The molecule has 1 saturated carbocycles. The molecule has 0 amide bonds. The van der Waals surface area contributed by atoms with E-state index in [0.717, 1.165) is 12.8 Å². The number of carbonyl (C=O) groups is 1. The fraction of sp³-hybridized carbons (Fsp3) is 0.538. The number of rotatable bonds is 3. The number of hydrogen-bond donors (Lipinski definition) is 3. The molecule has 2 atom stereocenters. The molecule has 1 aromatic rings. The van der Waals surface area contributed by atoms with Gasteiger partial charge in [-0.1, -0.05) is 19.8 Å². The summed E-state index contributed by atoms with van der Waals surface area (Å²) in [5, 5.41) is 12.4.